The van der Waals surface area contributed by atoms with Crippen molar-refractivity contribution in [3.63, 3.8) is 0 Å². The van der Waals surface area contributed by atoms with Crippen LogP contribution in [0.2, 0.25) is 0 Å². The number of para-hydroxylation sites is 1. The molecule has 0 saturated heterocycles. The van der Waals surface area contributed by atoms with Crippen molar-refractivity contribution in [1.29, 1.82) is 0 Å². The summed E-state index contributed by atoms with van der Waals surface area (Å²) in [5.74, 6) is 0.550. The number of unbranched alkanes of at least 4 members (excludes halogenated alkanes) is 1. The number of rotatable bonds is 17. The number of carbonyl (C=O) groups is 2. The van der Waals surface area contributed by atoms with Gasteiger partial charge in [0.05, 0.1) is 23.7 Å². The molecule has 8 nitrogen and oxygen atoms in total. The van der Waals surface area contributed by atoms with Crippen molar-refractivity contribution in [2.24, 2.45) is 23.0 Å². The van der Waals surface area contributed by atoms with Gasteiger partial charge in [0.2, 0.25) is 5.91 Å². The highest BCUT2D eigenvalue weighted by Gasteiger charge is 2.28. The van der Waals surface area contributed by atoms with E-state index in [1.165, 1.54) is 0 Å². The highest BCUT2D eigenvalue weighted by atomic mass is 35.5. The number of alkyl halides is 1. The summed E-state index contributed by atoms with van der Waals surface area (Å²) in [7, 11) is 1.67. The molecule has 0 bridgehead atoms. The number of carbonyl (C=O) groups excluding carboxylic acids is 2. The topological polar surface area (TPSA) is 123 Å². The standard InChI is InChI=1S/C26H44ClN3O5/c1-18(2)19(14-21(28)22(31)16-30-25(33)26(3,4)17-27)15-29-24(32)20-10-6-7-11-23(20)35-13-9-8-12-34-5/h6-7,10-11,18-19,21-22,31H,8-9,12-17,28H2,1-5H3,(H,29,32)(H,30,33)/t19-,21+,22+/m1/s1. The minimum atomic E-state index is -0.908. The predicted octanol–water partition coefficient (Wildman–Crippen LogP) is 2.95. The van der Waals surface area contributed by atoms with Gasteiger partial charge in [0.1, 0.15) is 5.75 Å². The molecule has 0 aliphatic heterocycles. The third-order valence-corrected chi connectivity index (χ3v) is 6.76. The summed E-state index contributed by atoms with van der Waals surface area (Å²) in [4.78, 5) is 25.1. The second kappa shape index (κ2) is 16.0. The van der Waals surface area contributed by atoms with Crippen LogP contribution in [-0.2, 0) is 9.53 Å². The van der Waals surface area contributed by atoms with Gasteiger partial charge in [-0.2, -0.15) is 0 Å². The molecule has 2 amide bonds. The van der Waals surface area contributed by atoms with Gasteiger partial charge in [-0.25, -0.2) is 0 Å². The van der Waals surface area contributed by atoms with Crippen LogP contribution in [0.5, 0.6) is 5.75 Å². The molecule has 0 unspecified atom stereocenters. The fourth-order valence-electron chi connectivity index (χ4n) is 3.38. The Bertz CT molecular complexity index is 775. The van der Waals surface area contributed by atoms with Gasteiger partial charge in [0, 0.05) is 38.7 Å². The fourth-order valence-corrected chi connectivity index (χ4v) is 3.50. The molecule has 5 N–H and O–H groups in total. The molecule has 0 aromatic heterocycles. The Morgan fingerprint density at radius 2 is 1.77 bits per heavy atom. The van der Waals surface area contributed by atoms with Crippen molar-refractivity contribution in [2.75, 3.05) is 39.3 Å². The maximum atomic E-state index is 12.9. The molecule has 1 rings (SSSR count). The average molecular weight is 514 g/mol. The zero-order valence-corrected chi connectivity index (χ0v) is 22.6. The van der Waals surface area contributed by atoms with Gasteiger partial charge in [-0.05, 0) is 57.1 Å². The van der Waals surface area contributed by atoms with Crippen LogP contribution in [0.15, 0.2) is 24.3 Å². The summed E-state index contributed by atoms with van der Waals surface area (Å²) in [6.07, 6.45) is 1.31. The normalized spacial score (nSPS) is 14.3. The Labute approximate surface area is 215 Å². The molecule has 35 heavy (non-hydrogen) atoms. The molecule has 0 aliphatic rings. The van der Waals surface area contributed by atoms with Crippen molar-refractivity contribution < 1.29 is 24.2 Å². The van der Waals surface area contributed by atoms with Gasteiger partial charge in [-0.1, -0.05) is 26.0 Å². The smallest absolute Gasteiger partial charge is 0.255 e. The van der Waals surface area contributed by atoms with Crippen LogP contribution in [0.1, 0.15) is 57.3 Å². The molecule has 0 heterocycles. The second-order valence-corrected chi connectivity index (χ2v) is 10.2. The van der Waals surface area contributed by atoms with Gasteiger partial charge < -0.3 is 30.9 Å². The van der Waals surface area contributed by atoms with Crippen LogP contribution in [0, 0.1) is 17.3 Å². The number of nitrogens with one attached hydrogen (secondary N) is 2. The molecule has 0 radical (unpaired) electrons. The Morgan fingerprint density at radius 1 is 1.11 bits per heavy atom. The summed E-state index contributed by atoms with van der Waals surface area (Å²) in [5.41, 5.74) is 6.01. The highest BCUT2D eigenvalue weighted by molar-refractivity contribution is 6.19. The number of hydrogen-bond donors (Lipinski definition) is 4. The van der Waals surface area contributed by atoms with Crippen LogP contribution in [0.3, 0.4) is 0 Å². The van der Waals surface area contributed by atoms with Crippen LogP contribution in [0.25, 0.3) is 0 Å². The number of amides is 2. The number of halogens is 1. The molecular weight excluding hydrogens is 470 g/mol. The van der Waals surface area contributed by atoms with E-state index in [1.807, 2.05) is 6.07 Å². The number of hydrogen-bond acceptors (Lipinski definition) is 6. The van der Waals surface area contributed by atoms with Crippen molar-refractivity contribution >= 4 is 23.4 Å². The maximum absolute atomic E-state index is 12.9. The fraction of sp³-hybridized carbons (Fsp3) is 0.692. The molecule has 0 spiro atoms. The first-order valence-corrected chi connectivity index (χ1v) is 12.8. The summed E-state index contributed by atoms with van der Waals surface area (Å²) in [6.45, 7) is 9.23. The molecule has 0 fully saturated rings. The van der Waals surface area contributed by atoms with Crippen molar-refractivity contribution in [1.82, 2.24) is 10.6 Å². The first kappa shape index (κ1) is 31.2. The maximum Gasteiger partial charge on any atom is 0.255 e. The minimum Gasteiger partial charge on any atom is -0.493 e. The molecule has 200 valence electrons. The van der Waals surface area contributed by atoms with Gasteiger partial charge in [-0.15, -0.1) is 11.6 Å². The van der Waals surface area contributed by atoms with E-state index in [1.54, 1.807) is 39.2 Å². The van der Waals surface area contributed by atoms with Crippen molar-refractivity contribution in [3.05, 3.63) is 29.8 Å². The number of aliphatic hydroxyl groups is 1. The SMILES string of the molecule is COCCCCOc1ccccc1C(=O)NC[C@@H](C[C@H](N)[C@@H](O)CNC(=O)C(C)(C)CCl)C(C)C. The number of ether oxygens (including phenoxy) is 2. The molecule has 1 aromatic rings. The van der Waals surface area contributed by atoms with E-state index in [-0.39, 0.29) is 36.1 Å². The summed E-state index contributed by atoms with van der Waals surface area (Å²) in [5, 5.41) is 16.2. The summed E-state index contributed by atoms with van der Waals surface area (Å²) >= 11 is 5.83. The highest BCUT2D eigenvalue weighted by Crippen LogP contribution is 2.21. The first-order chi connectivity index (χ1) is 16.5. The van der Waals surface area contributed by atoms with E-state index in [0.717, 1.165) is 12.8 Å². The van der Waals surface area contributed by atoms with E-state index in [2.05, 4.69) is 24.5 Å². The van der Waals surface area contributed by atoms with Crippen LogP contribution in [0.4, 0.5) is 0 Å². The van der Waals surface area contributed by atoms with E-state index in [4.69, 9.17) is 26.8 Å². The third-order valence-electron chi connectivity index (χ3n) is 6.09. The number of aliphatic hydroxyl groups excluding tert-OH is 1. The van der Waals surface area contributed by atoms with Crippen molar-refractivity contribution in [2.45, 2.75) is 59.1 Å². The van der Waals surface area contributed by atoms with E-state index in [0.29, 0.717) is 37.5 Å². The lowest BCUT2D eigenvalue weighted by molar-refractivity contribution is -0.128. The Morgan fingerprint density at radius 3 is 2.40 bits per heavy atom. The lowest BCUT2D eigenvalue weighted by Gasteiger charge is -2.28. The van der Waals surface area contributed by atoms with E-state index < -0.39 is 17.6 Å². The van der Waals surface area contributed by atoms with Gasteiger partial charge in [0.15, 0.2) is 0 Å². The lowest BCUT2D eigenvalue weighted by Crippen LogP contribution is -2.48. The summed E-state index contributed by atoms with van der Waals surface area (Å²) in [6, 6.07) is 6.62. The van der Waals surface area contributed by atoms with E-state index in [9.17, 15) is 14.7 Å². The van der Waals surface area contributed by atoms with E-state index >= 15 is 0 Å². The Hall–Kier alpha value is -1.87. The minimum absolute atomic E-state index is 0.0423. The first-order valence-electron chi connectivity index (χ1n) is 12.3. The predicted molar refractivity (Wildman–Crippen MR) is 140 cm³/mol. The molecule has 1 aromatic carbocycles. The largest absolute Gasteiger partial charge is 0.493 e. The summed E-state index contributed by atoms with van der Waals surface area (Å²) < 4.78 is 10.9. The molecule has 0 aliphatic carbocycles. The number of benzene rings is 1. The van der Waals surface area contributed by atoms with Crippen LogP contribution < -0.4 is 21.1 Å². The number of methoxy groups -OCH3 is 1. The molecular formula is C26H44ClN3O5. The van der Waals surface area contributed by atoms with Crippen molar-refractivity contribution in [3.8, 4) is 5.75 Å². The molecule has 0 saturated carbocycles. The van der Waals surface area contributed by atoms with Crippen LogP contribution >= 0.6 is 11.6 Å². The Balaban J connectivity index is 2.63. The third kappa shape index (κ3) is 11.2. The average Bonchev–Trinajstić information content (AvgIpc) is 2.84. The zero-order valence-electron chi connectivity index (χ0n) is 21.8. The number of nitrogens with two attached hydrogens (primary N) is 1. The monoisotopic (exact) mass is 513 g/mol. The van der Waals surface area contributed by atoms with Gasteiger partial charge in [0.25, 0.3) is 5.91 Å². The Kier molecular flexibility index (Phi) is 14.2. The van der Waals surface area contributed by atoms with Gasteiger partial charge in [-0.3, -0.25) is 9.59 Å². The molecule has 9 heteroatoms. The van der Waals surface area contributed by atoms with Crippen LogP contribution in [-0.4, -0.2) is 68.4 Å². The molecule has 3 atom stereocenters. The second-order valence-electron chi connectivity index (χ2n) is 9.95. The zero-order chi connectivity index (χ0) is 26.4. The lowest BCUT2D eigenvalue weighted by atomic mass is 9.87. The quantitative estimate of drug-likeness (QED) is 0.187. The van der Waals surface area contributed by atoms with Gasteiger partial charge >= 0.3 is 0 Å².